The molecule has 8 N–H and O–H groups in total. The Morgan fingerprint density at radius 3 is 1.82 bits per heavy atom. The van der Waals surface area contributed by atoms with E-state index in [4.69, 9.17) is 17.3 Å². The Labute approximate surface area is 369 Å². The second kappa shape index (κ2) is 19.6. The van der Waals surface area contributed by atoms with Crippen molar-refractivity contribution in [3.8, 4) is 0 Å². The summed E-state index contributed by atoms with van der Waals surface area (Å²) in [7, 11) is 2.77. The molecular formula is C41H34ClF6N13O4. The number of ketones is 1. The number of nitrogen functional groups attached to an aromatic ring is 1. The van der Waals surface area contributed by atoms with E-state index < -0.39 is 35.3 Å². The van der Waals surface area contributed by atoms with Crippen molar-refractivity contribution >= 4 is 81.0 Å². The van der Waals surface area contributed by atoms with Crippen molar-refractivity contribution in [3.05, 3.63) is 130 Å². The van der Waals surface area contributed by atoms with Gasteiger partial charge in [0.15, 0.2) is 0 Å². The summed E-state index contributed by atoms with van der Waals surface area (Å²) in [6.45, 7) is 0. The second-order valence-electron chi connectivity index (χ2n) is 13.8. The average molecular weight is 922 g/mol. The first-order valence-electron chi connectivity index (χ1n) is 18.8. The van der Waals surface area contributed by atoms with Gasteiger partial charge >= 0.3 is 12.4 Å². The number of Topliss-reactive ketones (excluding diaryl/α,β-unsaturated/α-hetero) is 1. The van der Waals surface area contributed by atoms with E-state index in [0.717, 1.165) is 41.1 Å². The molecule has 3 amide bonds. The lowest BCUT2D eigenvalue weighted by Gasteiger charge is -2.17. The zero-order valence-corrected chi connectivity index (χ0v) is 34.5. The number of carbonyl (C=O) groups is 4. The molecule has 0 saturated heterocycles. The van der Waals surface area contributed by atoms with Gasteiger partial charge in [-0.05, 0) is 53.1 Å². The normalized spacial score (nSPS) is 12.6. The number of rotatable bonds is 8. The Hall–Kier alpha value is -7.95. The molecule has 5 heterocycles. The summed E-state index contributed by atoms with van der Waals surface area (Å²) in [5.74, 6) is -0.960. The first-order valence-corrected chi connectivity index (χ1v) is 19.2. The highest BCUT2D eigenvalue weighted by atomic mass is 35.5. The molecule has 17 nitrogen and oxygen atoms in total. The summed E-state index contributed by atoms with van der Waals surface area (Å²) in [4.78, 5) is 68.6. The van der Waals surface area contributed by atoms with Crippen molar-refractivity contribution in [1.29, 1.82) is 0 Å². The van der Waals surface area contributed by atoms with Gasteiger partial charge in [-0.3, -0.25) is 19.2 Å². The quantitative estimate of drug-likeness (QED) is 0.0471. The second-order valence-corrected chi connectivity index (χ2v) is 14.2. The summed E-state index contributed by atoms with van der Waals surface area (Å²) >= 11 is 5.63. The van der Waals surface area contributed by atoms with Gasteiger partial charge in [-0.1, -0.05) is 17.7 Å². The van der Waals surface area contributed by atoms with Crippen LogP contribution in [0.2, 0.25) is 5.15 Å². The van der Waals surface area contributed by atoms with E-state index in [1.54, 1.807) is 18.2 Å². The molecule has 0 radical (unpaired) electrons. The predicted octanol–water partition coefficient (Wildman–Crippen LogP) is 6.82. The van der Waals surface area contributed by atoms with Gasteiger partial charge in [0.2, 0.25) is 5.91 Å². The first kappa shape index (κ1) is 46.6. The molecule has 6 aromatic rings. The van der Waals surface area contributed by atoms with Crippen LogP contribution >= 0.6 is 11.6 Å². The van der Waals surface area contributed by atoms with Crippen LogP contribution in [-0.4, -0.2) is 67.5 Å². The third-order valence-electron chi connectivity index (χ3n) is 9.27. The Kier molecular flexibility index (Phi) is 14.0. The smallest absolute Gasteiger partial charge is 0.399 e. The van der Waals surface area contributed by atoms with E-state index in [9.17, 15) is 45.5 Å². The minimum Gasteiger partial charge on any atom is -0.399 e. The number of amides is 3. The largest absolute Gasteiger partial charge is 0.419 e. The highest BCUT2D eigenvalue weighted by molar-refractivity contribution is 6.29. The van der Waals surface area contributed by atoms with Crippen LogP contribution in [0, 0.1) is 0 Å². The molecule has 0 atom stereocenters. The zero-order valence-electron chi connectivity index (χ0n) is 33.7. The Balaban J connectivity index is 0.000000182. The number of fused-ring (bicyclic) bond motifs is 2. The van der Waals surface area contributed by atoms with Crippen molar-refractivity contribution < 1.29 is 45.5 Å². The Bertz CT molecular complexity index is 2790. The maximum Gasteiger partial charge on any atom is 0.419 e. The number of anilines is 8. The summed E-state index contributed by atoms with van der Waals surface area (Å²) in [5, 5.41) is 15.3. The summed E-state index contributed by atoms with van der Waals surface area (Å²) in [6.07, 6.45) is -2.25. The van der Waals surface area contributed by atoms with Crippen molar-refractivity contribution in [2.24, 2.45) is 0 Å². The molecule has 0 bridgehead atoms. The summed E-state index contributed by atoms with van der Waals surface area (Å²) in [6, 6.07) is 12.9. The summed E-state index contributed by atoms with van der Waals surface area (Å²) in [5.41, 5.74) is 7.76. The lowest BCUT2D eigenvalue weighted by Crippen LogP contribution is -2.20. The van der Waals surface area contributed by atoms with Crippen LogP contribution in [0.1, 0.15) is 48.5 Å². The minimum absolute atomic E-state index is 0.00828. The molecule has 336 valence electrons. The monoisotopic (exact) mass is 921 g/mol. The molecule has 0 unspecified atom stereocenters. The highest BCUT2D eigenvalue weighted by Gasteiger charge is 2.36. The van der Waals surface area contributed by atoms with Gasteiger partial charge < -0.3 is 37.6 Å². The van der Waals surface area contributed by atoms with Crippen LogP contribution in [0.25, 0.3) is 0 Å². The molecule has 65 heavy (non-hydrogen) atoms. The van der Waals surface area contributed by atoms with Crippen LogP contribution in [0.15, 0.2) is 86.0 Å². The first-order chi connectivity index (χ1) is 30.8. The van der Waals surface area contributed by atoms with Crippen molar-refractivity contribution in [3.63, 3.8) is 0 Å². The maximum atomic E-state index is 13.6. The van der Waals surface area contributed by atoms with Crippen LogP contribution < -0.4 is 37.6 Å². The Morgan fingerprint density at radius 1 is 0.662 bits per heavy atom. The lowest BCUT2D eigenvalue weighted by atomic mass is 10.1. The number of nitrogens with two attached hydrogens (primary N) is 1. The Morgan fingerprint density at radius 2 is 1.23 bits per heavy atom. The topological polar surface area (TPSA) is 244 Å². The fourth-order valence-electron chi connectivity index (χ4n) is 6.25. The molecular weight excluding hydrogens is 888 g/mol. The highest BCUT2D eigenvalue weighted by Crippen LogP contribution is 2.39. The number of alkyl halides is 6. The van der Waals surface area contributed by atoms with Crippen LogP contribution in [0.3, 0.4) is 0 Å². The standard InChI is InChI=1S/C21H17F3N6O2.C12H9ClF3N5O.C8H8N2O/c1-25-20(32)15-8-26-10-28-19(15)30-17-7-18(27-9-16(17)21(22,23)24)29-13-3-2-11-5-14(31)6-12(11)4-13;1-17-11(22)6-3-18-5-20-10(6)21-8-2-9(13)19-4-7(8)12(14,15)16;9-6-1-2-7-5(3-6)4-8(11)10-7/h2-4,7-10H,5-6H2,1H3,(H,25,32)(H2,26,27,28,29,30);2-5H,1H3,(H,17,22)(H,18,19,20,21);1-3H,4,9H2,(H,10,11). The fraction of sp³-hybridized carbons (Fsp3) is 0.171. The molecule has 1 aliphatic heterocycles. The van der Waals surface area contributed by atoms with Crippen LogP contribution in [0.4, 0.5) is 72.2 Å². The van der Waals surface area contributed by atoms with Gasteiger partial charge in [-0.15, -0.1) is 0 Å². The minimum atomic E-state index is -4.69. The molecule has 2 aromatic carbocycles. The molecule has 4 aromatic heterocycles. The van der Waals surface area contributed by atoms with Gasteiger partial charge in [-0.2, -0.15) is 26.3 Å². The van der Waals surface area contributed by atoms with Gasteiger partial charge in [0, 0.05) is 74.9 Å². The molecule has 1 aliphatic carbocycles. The van der Waals surface area contributed by atoms with Crippen molar-refractivity contribution in [2.45, 2.75) is 31.6 Å². The molecule has 0 spiro atoms. The van der Waals surface area contributed by atoms with Gasteiger partial charge in [-0.25, -0.2) is 29.9 Å². The van der Waals surface area contributed by atoms with E-state index in [1.165, 1.54) is 32.6 Å². The van der Waals surface area contributed by atoms with Crippen molar-refractivity contribution in [1.82, 2.24) is 40.5 Å². The lowest BCUT2D eigenvalue weighted by molar-refractivity contribution is -0.138. The summed E-state index contributed by atoms with van der Waals surface area (Å²) < 4.78 is 79.7. The number of hydrogen-bond donors (Lipinski definition) is 7. The number of nitrogens with one attached hydrogen (secondary N) is 6. The van der Waals surface area contributed by atoms with Crippen molar-refractivity contribution in [2.75, 3.05) is 41.1 Å². The number of carbonyl (C=O) groups excluding carboxylic acids is 4. The molecule has 0 saturated carbocycles. The molecule has 0 fully saturated rings. The average Bonchev–Trinajstić information content (AvgIpc) is 3.82. The third-order valence-corrected chi connectivity index (χ3v) is 9.47. The zero-order chi connectivity index (χ0) is 47.1. The van der Waals surface area contributed by atoms with Crippen LogP contribution in [0.5, 0.6) is 0 Å². The number of hydrogen-bond acceptors (Lipinski definition) is 14. The predicted molar refractivity (Wildman–Crippen MR) is 226 cm³/mol. The van der Waals surface area contributed by atoms with E-state index in [0.29, 0.717) is 43.0 Å². The number of benzene rings is 2. The molecule has 24 heteroatoms. The van der Waals surface area contributed by atoms with E-state index in [-0.39, 0.29) is 56.8 Å². The van der Waals surface area contributed by atoms with E-state index in [2.05, 4.69) is 61.8 Å². The fourth-order valence-corrected chi connectivity index (χ4v) is 6.41. The van der Waals surface area contributed by atoms with Gasteiger partial charge in [0.05, 0.1) is 28.9 Å². The molecule has 8 rings (SSSR count). The van der Waals surface area contributed by atoms with Gasteiger partial charge in [0.1, 0.15) is 52.2 Å². The maximum absolute atomic E-state index is 13.6. The number of pyridine rings is 2. The number of aromatic nitrogens is 6. The number of nitrogens with zero attached hydrogens (tertiary/aromatic N) is 6. The molecule has 2 aliphatic rings. The number of halogens is 7. The van der Waals surface area contributed by atoms with Gasteiger partial charge in [0.25, 0.3) is 11.8 Å². The SMILES string of the molecule is CNC(=O)c1cncnc1Nc1cc(Cl)ncc1C(F)(F)F.CNC(=O)c1cncnc1Nc1cc(Nc2ccc3c(c2)CC(=O)C3)ncc1C(F)(F)F.Nc1ccc2c(c1)CC(=O)N2. The van der Waals surface area contributed by atoms with E-state index in [1.807, 2.05) is 18.2 Å². The third kappa shape index (κ3) is 11.7. The van der Waals surface area contributed by atoms with Crippen LogP contribution in [-0.2, 0) is 41.2 Å². The van der Waals surface area contributed by atoms with E-state index >= 15 is 0 Å².